The average Bonchev–Trinajstić information content (AvgIpc) is 2.41. The van der Waals surface area contributed by atoms with Gasteiger partial charge in [-0.05, 0) is 6.08 Å². The summed E-state index contributed by atoms with van der Waals surface area (Å²) in [6.07, 6.45) is 3.13. The molecule has 1 rings (SSSR count). The van der Waals surface area contributed by atoms with Crippen LogP contribution in [0.25, 0.3) is 0 Å². The van der Waals surface area contributed by atoms with Gasteiger partial charge in [0.25, 0.3) is 0 Å². The van der Waals surface area contributed by atoms with E-state index in [1.54, 1.807) is 6.08 Å². The number of carbonyl (C=O) groups is 1. The lowest BCUT2D eigenvalue weighted by Gasteiger charge is -1.75. The van der Waals surface area contributed by atoms with Crippen molar-refractivity contribution < 1.29 is 9.53 Å². The van der Waals surface area contributed by atoms with Gasteiger partial charge in [0.05, 0.1) is 12.7 Å². The molecule has 0 bridgehead atoms. The molecule has 1 fully saturated rings. The Labute approximate surface area is 47.1 Å². The molecule has 1 atom stereocenters. The topological polar surface area (TPSA) is 55.6 Å². The normalized spacial score (nSPS) is 26.2. The van der Waals surface area contributed by atoms with Crippen molar-refractivity contribution in [1.29, 1.82) is 0 Å². The molecule has 1 aliphatic rings. The lowest BCUT2D eigenvalue weighted by atomic mass is 10.4. The van der Waals surface area contributed by atoms with Gasteiger partial charge < -0.3 is 10.5 Å². The summed E-state index contributed by atoms with van der Waals surface area (Å²) in [5, 5.41) is 0. The standard InChI is InChI=1S/C5H7NO2/c6-5(7)2-1-4-3-8-4/h1-2,4H,3H2,(H2,6,7)/b2-1+. The van der Waals surface area contributed by atoms with Crippen molar-refractivity contribution in [2.45, 2.75) is 6.10 Å². The zero-order chi connectivity index (χ0) is 5.98. The van der Waals surface area contributed by atoms with Crippen LogP contribution in [0.15, 0.2) is 12.2 Å². The van der Waals surface area contributed by atoms with E-state index in [0.29, 0.717) is 0 Å². The van der Waals surface area contributed by atoms with Crippen LogP contribution < -0.4 is 5.73 Å². The predicted octanol–water partition coefficient (Wildman–Crippen LogP) is -0.573. The van der Waals surface area contributed by atoms with Gasteiger partial charge in [-0.3, -0.25) is 4.79 Å². The summed E-state index contributed by atoms with van der Waals surface area (Å²) in [5.41, 5.74) is 4.79. The molecule has 2 N–H and O–H groups in total. The Balaban J connectivity index is 2.23. The molecule has 0 aliphatic carbocycles. The molecule has 0 aromatic rings. The van der Waals surface area contributed by atoms with Crippen LogP contribution in [0.3, 0.4) is 0 Å². The van der Waals surface area contributed by atoms with Crippen molar-refractivity contribution in [2.75, 3.05) is 6.61 Å². The van der Waals surface area contributed by atoms with Gasteiger partial charge in [-0.25, -0.2) is 0 Å². The second-order valence-electron chi connectivity index (χ2n) is 1.63. The molecule has 0 aromatic carbocycles. The van der Waals surface area contributed by atoms with Crippen LogP contribution >= 0.6 is 0 Å². The Morgan fingerprint density at radius 3 is 2.88 bits per heavy atom. The minimum Gasteiger partial charge on any atom is -0.369 e. The average molecular weight is 113 g/mol. The minimum atomic E-state index is -0.416. The van der Waals surface area contributed by atoms with Gasteiger partial charge in [0.1, 0.15) is 0 Å². The SMILES string of the molecule is NC(=O)/C=C/C1CO1. The van der Waals surface area contributed by atoms with Crippen LogP contribution in [0.2, 0.25) is 0 Å². The molecule has 1 unspecified atom stereocenters. The Bertz CT molecular complexity index is 126. The third-order valence-corrected chi connectivity index (χ3v) is 0.834. The van der Waals surface area contributed by atoms with Crippen molar-refractivity contribution in [3.05, 3.63) is 12.2 Å². The molecule has 0 radical (unpaired) electrons. The van der Waals surface area contributed by atoms with Crippen LogP contribution in [-0.2, 0) is 9.53 Å². The molecular formula is C5H7NO2. The molecule has 0 aromatic heterocycles. The molecular weight excluding hydrogens is 106 g/mol. The highest BCUT2D eigenvalue weighted by molar-refractivity contribution is 5.85. The van der Waals surface area contributed by atoms with E-state index >= 15 is 0 Å². The number of amides is 1. The van der Waals surface area contributed by atoms with E-state index in [4.69, 9.17) is 10.5 Å². The number of epoxide rings is 1. The summed E-state index contributed by atoms with van der Waals surface area (Å²) >= 11 is 0. The maximum Gasteiger partial charge on any atom is 0.241 e. The number of rotatable bonds is 2. The Morgan fingerprint density at radius 1 is 1.88 bits per heavy atom. The van der Waals surface area contributed by atoms with Crippen LogP contribution in [0.5, 0.6) is 0 Å². The molecule has 3 nitrogen and oxygen atoms in total. The largest absolute Gasteiger partial charge is 0.369 e. The van der Waals surface area contributed by atoms with E-state index in [1.165, 1.54) is 6.08 Å². The molecule has 1 aliphatic heterocycles. The third-order valence-electron chi connectivity index (χ3n) is 0.834. The minimum absolute atomic E-state index is 0.155. The fourth-order valence-electron chi connectivity index (χ4n) is 0.369. The Hall–Kier alpha value is -0.830. The second-order valence-corrected chi connectivity index (χ2v) is 1.63. The molecule has 1 saturated heterocycles. The van der Waals surface area contributed by atoms with Crippen molar-refractivity contribution in [3.8, 4) is 0 Å². The predicted molar refractivity (Wildman–Crippen MR) is 28.1 cm³/mol. The van der Waals surface area contributed by atoms with E-state index in [9.17, 15) is 4.79 Å². The van der Waals surface area contributed by atoms with Crippen LogP contribution in [0, 0.1) is 0 Å². The van der Waals surface area contributed by atoms with Gasteiger partial charge in [0, 0.05) is 6.08 Å². The first kappa shape index (κ1) is 5.31. The zero-order valence-corrected chi connectivity index (χ0v) is 4.33. The molecule has 0 saturated carbocycles. The number of primary amides is 1. The number of hydrogen-bond acceptors (Lipinski definition) is 2. The van der Waals surface area contributed by atoms with E-state index in [-0.39, 0.29) is 6.10 Å². The molecule has 0 spiro atoms. The molecule has 1 heterocycles. The summed E-state index contributed by atoms with van der Waals surface area (Å²) in [6.45, 7) is 0.726. The lowest BCUT2D eigenvalue weighted by molar-refractivity contribution is -0.113. The summed E-state index contributed by atoms with van der Waals surface area (Å²) in [6, 6.07) is 0. The van der Waals surface area contributed by atoms with E-state index in [0.717, 1.165) is 6.61 Å². The molecule has 44 valence electrons. The summed E-state index contributed by atoms with van der Waals surface area (Å²) in [5.74, 6) is -0.416. The van der Waals surface area contributed by atoms with Crippen molar-refractivity contribution in [1.82, 2.24) is 0 Å². The van der Waals surface area contributed by atoms with Gasteiger partial charge in [-0.1, -0.05) is 0 Å². The second kappa shape index (κ2) is 1.96. The maximum absolute atomic E-state index is 10.0. The molecule has 3 heteroatoms. The first-order chi connectivity index (χ1) is 3.79. The highest BCUT2D eigenvalue weighted by Crippen LogP contribution is 2.08. The Kier molecular flexibility index (Phi) is 1.30. The third kappa shape index (κ3) is 1.75. The van der Waals surface area contributed by atoms with E-state index in [2.05, 4.69) is 0 Å². The van der Waals surface area contributed by atoms with Gasteiger partial charge in [-0.15, -0.1) is 0 Å². The van der Waals surface area contributed by atoms with Crippen molar-refractivity contribution >= 4 is 5.91 Å². The van der Waals surface area contributed by atoms with E-state index in [1.807, 2.05) is 0 Å². The van der Waals surface area contributed by atoms with E-state index < -0.39 is 5.91 Å². The molecule has 1 amide bonds. The van der Waals surface area contributed by atoms with Crippen LogP contribution in [-0.4, -0.2) is 18.6 Å². The lowest BCUT2D eigenvalue weighted by Crippen LogP contribution is -2.05. The highest BCUT2D eigenvalue weighted by Gasteiger charge is 2.17. The smallest absolute Gasteiger partial charge is 0.241 e. The fourth-order valence-corrected chi connectivity index (χ4v) is 0.369. The first-order valence-corrected chi connectivity index (χ1v) is 2.38. The number of carbonyl (C=O) groups excluding carboxylic acids is 1. The zero-order valence-electron chi connectivity index (χ0n) is 4.33. The summed E-state index contributed by atoms with van der Waals surface area (Å²) < 4.78 is 4.76. The Morgan fingerprint density at radius 2 is 2.50 bits per heavy atom. The van der Waals surface area contributed by atoms with Crippen LogP contribution in [0.4, 0.5) is 0 Å². The van der Waals surface area contributed by atoms with Gasteiger partial charge in [-0.2, -0.15) is 0 Å². The van der Waals surface area contributed by atoms with Gasteiger partial charge in [0.2, 0.25) is 5.91 Å². The van der Waals surface area contributed by atoms with Crippen molar-refractivity contribution in [2.24, 2.45) is 5.73 Å². The quantitative estimate of drug-likeness (QED) is 0.385. The highest BCUT2D eigenvalue weighted by atomic mass is 16.6. The van der Waals surface area contributed by atoms with Crippen molar-refractivity contribution in [3.63, 3.8) is 0 Å². The van der Waals surface area contributed by atoms with Crippen LogP contribution in [0.1, 0.15) is 0 Å². The number of ether oxygens (including phenoxy) is 1. The maximum atomic E-state index is 10.0. The fraction of sp³-hybridized carbons (Fsp3) is 0.400. The molecule has 8 heavy (non-hydrogen) atoms. The van der Waals surface area contributed by atoms with Gasteiger partial charge in [0.15, 0.2) is 0 Å². The number of hydrogen-bond donors (Lipinski definition) is 1. The summed E-state index contributed by atoms with van der Waals surface area (Å²) in [4.78, 5) is 10.0. The monoisotopic (exact) mass is 113 g/mol. The summed E-state index contributed by atoms with van der Waals surface area (Å²) in [7, 11) is 0. The van der Waals surface area contributed by atoms with Gasteiger partial charge >= 0.3 is 0 Å². The number of nitrogens with two attached hydrogens (primary N) is 1. The first-order valence-electron chi connectivity index (χ1n) is 2.38.